The Balaban J connectivity index is 2.16. The molecule has 2 N–H and O–H groups in total. The molecule has 0 saturated heterocycles. The number of furan rings is 1. The van der Waals surface area contributed by atoms with Crippen molar-refractivity contribution in [1.29, 1.82) is 0 Å². The predicted octanol–water partition coefficient (Wildman–Crippen LogP) is 2.28. The van der Waals surface area contributed by atoms with Crippen LogP contribution in [0.3, 0.4) is 0 Å². The van der Waals surface area contributed by atoms with Crippen molar-refractivity contribution in [1.82, 2.24) is 4.98 Å². The van der Waals surface area contributed by atoms with Crippen LogP contribution in [0.25, 0.3) is 0 Å². The van der Waals surface area contributed by atoms with Gasteiger partial charge in [0, 0.05) is 11.9 Å². The molecule has 0 bridgehead atoms. The van der Waals surface area contributed by atoms with Gasteiger partial charge in [0.25, 0.3) is 5.91 Å². The zero-order valence-corrected chi connectivity index (χ0v) is 9.64. The first-order chi connectivity index (χ1) is 8.56. The lowest BCUT2D eigenvalue weighted by atomic mass is 10.3. The number of nitrogens with zero attached hydrogens (tertiary/aromatic N) is 1. The number of halogens is 1. The third-order valence-corrected chi connectivity index (χ3v) is 2.24. The van der Waals surface area contributed by atoms with E-state index in [-0.39, 0.29) is 16.7 Å². The number of aromatic carboxylic acids is 1. The number of aromatic nitrogens is 1. The van der Waals surface area contributed by atoms with Gasteiger partial charge in [0.2, 0.25) is 0 Å². The highest BCUT2D eigenvalue weighted by Crippen LogP contribution is 2.15. The minimum absolute atomic E-state index is 0.0358. The molecule has 2 aromatic heterocycles. The van der Waals surface area contributed by atoms with Crippen molar-refractivity contribution >= 4 is 29.2 Å². The van der Waals surface area contributed by atoms with Crippen LogP contribution in [0.15, 0.2) is 34.9 Å². The van der Waals surface area contributed by atoms with E-state index < -0.39 is 11.9 Å². The first-order valence-corrected chi connectivity index (χ1v) is 5.20. The van der Waals surface area contributed by atoms with Crippen LogP contribution in [0.2, 0.25) is 5.22 Å². The van der Waals surface area contributed by atoms with E-state index in [1.54, 1.807) is 0 Å². The second-order valence-electron chi connectivity index (χ2n) is 3.29. The van der Waals surface area contributed by atoms with Crippen LogP contribution in [-0.2, 0) is 0 Å². The highest BCUT2D eigenvalue weighted by Gasteiger charge is 2.12. The van der Waals surface area contributed by atoms with Gasteiger partial charge in [-0.15, -0.1) is 0 Å². The van der Waals surface area contributed by atoms with E-state index in [4.69, 9.17) is 21.1 Å². The van der Waals surface area contributed by atoms with E-state index in [2.05, 4.69) is 10.3 Å². The smallest absolute Gasteiger partial charge is 0.354 e. The molecule has 0 aromatic carbocycles. The molecule has 0 saturated carbocycles. The van der Waals surface area contributed by atoms with E-state index in [0.717, 1.165) is 0 Å². The summed E-state index contributed by atoms with van der Waals surface area (Å²) in [5.41, 5.74) is 0.144. The number of carbonyl (C=O) groups is 2. The first kappa shape index (κ1) is 12.1. The molecule has 0 aliphatic heterocycles. The molecule has 0 spiro atoms. The standard InChI is InChI=1S/C11H7ClN2O4/c12-9-2-1-8(18-9)10(15)14-6-3-4-13-7(5-6)11(16)17/h1-5H,(H,16,17)(H,13,14,15). The maximum atomic E-state index is 11.7. The van der Waals surface area contributed by atoms with E-state index in [1.807, 2.05) is 0 Å². The molecule has 18 heavy (non-hydrogen) atoms. The summed E-state index contributed by atoms with van der Waals surface area (Å²) >= 11 is 5.54. The number of rotatable bonds is 3. The van der Waals surface area contributed by atoms with Gasteiger partial charge >= 0.3 is 5.97 Å². The van der Waals surface area contributed by atoms with Gasteiger partial charge in [0.1, 0.15) is 5.69 Å². The van der Waals surface area contributed by atoms with Crippen molar-refractivity contribution in [2.24, 2.45) is 0 Å². The number of carbonyl (C=O) groups excluding carboxylic acids is 1. The molecule has 2 rings (SSSR count). The molecular formula is C11H7ClN2O4. The molecule has 92 valence electrons. The summed E-state index contributed by atoms with van der Waals surface area (Å²) in [6.07, 6.45) is 1.29. The van der Waals surface area contributed by atoms with E-state index in [9.17, 15) is 9.59 Å². The average Bonchev–Trinajstić information content (AvgIpc) is 2.76. The van der Waals surface area contributed by atoms with Crippen LogP contribution >= 0.6 is 11.6 Å². The third kappa shape index (κ3) is 2.67. The lowest BCUT2D eigenvalue weighted by Gasteiger charge is -2.03. The Morgan fingerprint density at radius 1 is 1.33 bits per heavy atom. The Hall–Kier alpha value is -2.34. The SMILES string of the molecule is O=C(O)c1cc(NC(=O)c2ccc(Cl)o2)ccn1. The fourth-order valence-electron chi connectivity index (χ4n) is 1.25. The van der Waals surface area contributed by atoms with Crippen LogP contribution in [0.1, 0.15) is 21.0 Å². The third-order valence-electron chi connectivity index (χ3n) is 2.03. The molecular weight excluding hydrogens is 260 g/mol. The van der Waals surface area contributed by atoms with Crippen molar-refractivity contribution in [3.63, 3.8) is 0 Å². The van der Waals surface area contributed by atoms with Gasteiger partial charge in [0.05, 0.1) is 0 Å². The zero-order valence-electron chi connectivity index (χ0n) is 8.88. The molecule has 1 amide bonds. The molecule has 0 aliphatic rings. The van der Waals surface area contributed by atoms with Crippen molar-refractivity contribution in [2.75, 3.05) is 5.32 Å². The lowest BCUT2D eigenvalue weighted by Crippen LogP contribution is -2.11. The summed E-state index contributed by atoms with van der Waals surface area (Å²) in [6.45, 7) is 0. The number of amides is 1. The van der Waals surface area contributed by atoms with E-state index in [1.165, 1.54) is 30.5 Å². The maximum absolute atomic E-state index is 11.7. The van der Waals surface area contributed by atoms with E-state index in [0.29, 0.717) is 5.69 Å². The molecule has 0 atom stereocenters. The topological polar surface area (TPSA) is 92.4 Å². The molecule has 2 aromatic rings. The molecule has 0 unspecified atom stereocenters. The summed E-state index contributed by atoms with van der Waals surface area (Å²) in [4.78, 5) is 26.0. The van der Waals surface area contributed by atoms with Crippen LogP contribution in [0.4, 0.5) is 5.69 Å². The molecule has 0 radical (unpaired) electrons. The summed E-state index contributed by atoms with van der Waals surface area (Å²) in [5, 5.41) is 11.3. The highest BCUT2D eigenvalue weighted by atomic mass is 35.5. The van der Waals surface area contributed by atoms with Crippen molar-refractivity contribution in [3.8, 4) is 0 Å². The Morgan fingerprint density at radius 2 is 2.11 bits per heavy atom. The minimum atomic E-state index is -1.17. The monoisotopic (exact) mass is 266 g/mol. The number of carboxylic acids is 1. The summed E-state index contributed by atoms with van der Waals surface area (Å²) in [7, 11) is 0. The Bertz CT molecular complexity index is 609. The van der Waals surface area contributed by atoms with Gasteiger partial charge in [-0.1, -0.05) is 0 Å². The first-order valence-electron chi connectivity index (χ1n) is 4.82. The molecule has 6 nitrogen and oxygen atoms in total. The van der Waals surface area contributed by atoms with Gasteiger partial charge in [-0.05, 0) is 35.9 Å². The fourth-order valence-corrected chi connectivity index (χ4v) is 1.40. The van der Waals surface area contributed by atoms with Gasteiger partial charge < -0.3 is 14.8 Å². The highest BCUT2D eigenvalue weighted by molar-refractivity contribution is 6.29. The van der Waals surface area contributed by atoms with Crippen molar-refractivity contribution in [2.45, 2.75) is 0 Å². The Kier molecular flexibility index (Phi) is 3.29. The Labute approximate surface area is 106 Å². The number of carboxylic acid groups (broad SMARTS) is 1. The number of hydrogen-bond donors (Lipinski definition) is 2. The molecule has 0 aliphatic carbocycles. The summed E-state index contributed by atoms with van der Waals surface area (Å²) in [6, 6.07) is 5.56. The molecule has 2 heterocycles. The second-order valence-corrected chi connectivity index (χ2v) is 3.67. The van der Waals surface area contributed by atoms with Crippen LogP contribution < -0.4 is 5.32 Å². The van der Waals surface area contributed by atoms with Crippen LogP contribution in [0, 0.1) is 0 Å². The quantitative estimate of drug-likeness (QED) is 0.889. The van der Waals surface area contributed by atoms with Gasteiger partial charge in [-0.25, -0.2) is 9.78 Å². The fraction of sp³-hybridized carbons (Fsp3) is 0. The zero-order chi connectivity index (χ0) is 13.1. The lowest BCUT2D eigenvalue weighted by molar-refractivity contribution is 0.0690. The van der Waals surface area contributed by atoms with Crippen molar-refractivity contribution in [3.05, 3.63) is 47.1 Å². The molecule has 0 fully saturated rings. The summed E-state index contributed by atoms with van der Waals surface area (Å²) < 4.78 is 4.92. The number of hydrogen-bond acceptors (Lipinski definition) is 4. The number of pyridine rings is 1. The minimum Gasteiger partial charge on any atom is -0.477 e. The largest absolute Gasteiger partial charge is 0.477 e. The molecule has 7 heteroatoms. The summed E-state index contributed by atoms with van der Waals surface area (Å²) in [5.74, 6) is -1.66. The Morgan fingerprint density at radius 3 is 2.72 bits per heavy atom. The van der Waals surface area contributed by atoms with Gasteiger partial charge in [-0.2, -0.15) is 0 Å². The van der Waals surface area contributed by atoms with Crippen molar-refractivity contribution < 1.29 is 19.1 Å². The number of anilines is 1. The predicted molar refractivity (Wildman–Crippen MR) is 62.9 cm³/mol. The van der Waals surface area contributed by atoms with Crippen LogP contribution in [0.5, 0.6) is 0 Å². The average molecular weight is 267 g/mol. The van der Waals surface area contributed by atoms with Gasteiger partial charge in [0.15, 0.2) is 11.0 Å². The normalized spacial score (nSPS) is 10.1. The number of nitrogens with one attached hydrogen (secondary N) is 1. The maximum Gasteiger partial charge on any atom is 0.354 e. The van der Waals surface area contributed by atoms with E-state index >= 15 is 0 Å². The second kappa shape index (κ2) is 4.89. The van der Waals surface area contributed by atoms with Crippen LogP contribution in [-0.4, -0.2) is 22.0 Å². The van der Waals surface area contributed by atoms with Gasteiger partial charge in [-0.3, -0.25) is 4.79 Å².